The molecule has 0 aromatic heterocycles. The van der Waals surface area contributed by atoms with Crippen molar-refractivity contribution in [3.05, 3.63) is 0 Å². The number of piperidine rings is 1. The summed E-state index contributed by atoms with van der Waals surface area (Å²) in [6, 6.07) is -0.0116. The molecule has 1 saturated heterocycles. The molecule has 0 aromatic rings. The number of likely N-dealkylation sites (tertiary alicyclic amines) is 1. The van der Waals surface area contributed by atoms with Crippen LogP contribution in [0.3, 0.4) is 0 Å². The average Bonchev–Trinajstić information content (AvgIpc) is 2.17. The first-order valence-corrected chi connectivity index (χ1v) is 5.07. The molecule has 1 aliphatic heterocycles. The molecule has 0 radical (unpaired) electrons. The number of hydrogen-bond acceptors (Lipinski definition) is 3. The first-order chi connectivity index (χ1) is 7.06. The Hall–Kier alpha value is -1.10. The summed E-state index contributed by atoms with van der Waals surface area (Å²) in [5.41, 5.74) is 0. The van der Waals surface area contributed by atoms with Gasteiger partial charge < -0.3 is 14.7 Å². The van der Waals surface area contributed by atoms with E-state index in [0.29, 0.717) is 19.4 Å². The lowest BCUT2D eigenvalue weighted by atomic mass is 9.92. The van der Waals surface area contributed by atoms with Crippen LogP contribution in [0.1, 0.15) is 19.8 Å². The largest absolute Gasteiger partial charge is 0.481 e. The lowest BCUT2D eigenvalue weighted by Gasteiger charge is -2.36. The van der Waals surface area contributed by atoms with Crippen LogP contribution in [0, 0.1) is 5.92 Å². The number of methoxy groups -OCH3 is 1. The molecule has 1 fully saturated rings. The van der Waals surface area contributed by atoms with E-state index in [4.69, 9.17) is 9.84 Å². The summed E-state index contributed by atoms with van der Waals surface area (Å²) in [4.78, 5) is 24.0. The number of nitrogens with zero attached hydrogens (tertiary/aromatic N) is 1. The zero-order valence-corrected chi connectivity index (χ0v) is 9.10. The van der Waals surface area contributed by atoms with Gasteiger partial charge in [-0.25, -0.2) is 0 Å². The minimum atomic E-state index is -0.763. The molecule has 5 nitrogen and oxygen atoms in total. The molecule has 1 N–H and O–H groups in total. The summed E-state index contributed by atoms with van der Waals surface area (Å²) >= 11 is 0. The Bertz CT molecular complexity index is 254. The van der Waals surface area contributed by atoms with Crippen molar-refractivity contribution >= 4 is 11.9 Å². The van der Waals surface area contributed by atoms with Crippen molar-refractivity contribution < 1.29 is 19.4 Å². The zero-order valence-electron chi connectivity index (χ0n) is 9.10. The highest BCUT2D eigenvalue weighted by Crippen LogP contribution is 2.22. The maximum atomic E-state index is 11.5. The fraction of sp³-hybridized carbons (Fsp3) is 0.800. The molecule has 0 spiro atoms. The lowest BCUT2D eigenvalue weighted by molar-refractivity contribution is -0.148. The molecular weight excluding hydrogens is 198 g/mol. The minimum absolute atomic E-state index is 0.0116. The Kier molecular flexibility index (Phi) is 4.08. The fourth-order valence-corrected chi connectivity index (χ4v) is 1.97. The predicted octanol–water partition coefficient (Wildman–Crippen LogP) is 0.344. The molecule has 5 heteroatoms. The van der Waals surface area contributed by atoms with Crippen molar-refractivity contribution in [1.29, 1.82) is 0 Å². The van der Waals surface area contributed by atoms with E-state index in [1.807, 2.05) is 6.92 Å². The molecule has 1 amide bonds. The summed E-state index contributed by atoms with van der Waals surface area (Å²) in [5, 5.41) is 8.86. The Balaban J connectivity index is 2.52. The van der Waals surface area contributed by atoms with Crippen LogP contribution < -0.4 is 0 Å². The molecule has 0 saturated carbocycles. The lowest BCUT2D eigenvalue weighted by Crippen LogP contribution is -2.47. The van der Waals surface area contributed by atoms with Crippen LogP contribution in [0.15, 0.2) is 0 Å². The van der Waals surface area contributed by atoms with Crippen LogP contribution >= 0.6 is 0 Å². The van der Waals surface area contributed by atoms with Crippen molar-refractivity contribution in [2.75, 3.05) is 20.3 Å². The molecule has 1 rings (SSSR count). The molecule has 0 bridgehead atoms. The molecule has 1 aliphatic rings. The van der Waals surface area contributed by atoms with Crippen LogP contribution in [0.25, 0.3) is 0 Å². The average molecular weight is 215 g/mol. The number of carboxylic acid groups (broad SMARTS) is 1. The van der Waals surface area contributed by atoms with Crippen LogP contribution in [0.4, 0.5) is 0 Å². The topological polar surface area (TPSA) is 66.8 Å². The standard InChI is InChI=1S/C10H17NO4/c1-7-5-8(10(13)14)3-4-11(7)9(12)6-15-2/h7-8H,3-6H2,1-2H3,(H,13,14). The molecule has 2 atom stereocenters. The van der Waals surface area contributed by atoms with Gasteiger partial charge in [-0.2, -0.15) is 0 Å². The van der Waals surface area contributed by atoms with Gasteiger partial charge in [-0.3, -0.25) is 9.59 Å². The van der Waals surface area contributed by atoms with Gasteiger partial charge in [0.25, 0.3) is 0 Å². The van der Waals surface area contributed by atoms with E-state index >= 15 is 0 Å². The number of carboxylic acids is 1. The van der Waals surface area contributed by atoms with Gasteiger partial charge in [0.2, 0.25) is 5.91 Å². The van der Waals surface area contributed by atoms with Crippen molar-refractivity contribution in [3.63, 3.8) is 0 Å². The van der Waals surface area contributed by atoms with E-state index in [1.54, 1.807) is 4.90 Å². The molecular formula is C10H17NO4. The first kappa shape index (κ1) is 12.0. The highest BCUT2D eigenvalue weighted by Gasteiger charge is 2.31. The van der Waals surface area contributed by atoms with Gasteiger partial charge in [-0.15, -0.1) is 0 Å². The zero-order chi connectivity index (χ0) is 11.4. The van der Waals surface area contributed by atoms with Crippen LogP contribution in [-0.4, -0.2) is 48.2 Å². The van der Waals surface area contributed by atoms with Gasteiger partial charge >= 0.3 is 5.97 Å². The number of hydrogen-bond donors (Lipinski definition) is 1. The van der Waals surface area contributed by atoms with E-state index < -0.39 is 5.97 Å². The van der Waals surface area contributed by atoms with Crippen LogP contribution in [0.2, 0.25) is 0 Å². The minimum Gasteiger partial charge on any atom is -0.481 e. The van der Waals surface area contributed by atoms with Crippen molar-refractivity contribution in [3.8, 4) is 0 Å². The second-order valence-corrected chi connectivity index (χ2v) is 3.93. The summed E-state index contributed by atoms with van der Waals surface area (Å²) in [5.74, 6) is -1.14. The fourth-order valence-electron chi connectivity index (χ4n) is 1.97. The quantitative estimate of drug-likeness (QED) is 0.737. The monoisotopic (exact) mass is 215 g/mol. The van der Waals surface area contributed by atoms with Gasteiger partial charge in [0.1, 0.15) is 6.61 Å². The predicted molar refractivity (Wildman–Crippen MR) is 53.4 cm³/mol. The summed E-state index contributed by atoms with van der Waals surface area (Å²) in [6.45, 7) is 2.46. The van der Waals surface area contributed by atoms with Crippen molar-refractivity contribution in [1.82, 2.24) is 4.90 Å². The van der Waals surface area contributed by atoms with E-state index in [-0.39, 0.29) is 24.5 Å². The Labute approximate surface area is 89.0 Å². The smallest absolute Gasteiger partial charge is 0.306 e. The van der Waals surface area contributed by atoms with Gasteiger partial charge in [-0.05, 0) is 19.8 Å². The van der Waals surface area contributed by atoms with E-state index in [2.05, 4.69) is 0 Å². The maximum Gasteiger partial charge on any atom is 0.306 e. The number of carbonyl (C=O) groups is 2. The van der Waals surface area contributed by atoms with Crippen molar-refractivity contribution in [2.45, 2.75) is 25.8 Å². The van der Waals surface area contributed by atoms with E-state index in [0.717, 1.165) is 0 Å². The van der Waals surface area contributed by atoms with Crippen LogP contribution in [-0.2, 0) is 14.3 Å². The van der Waals surface area contributed by atoms with Crippen LogP contribution in [0.5, 0.6) is 0 Å². The summed E-state index contributed by atoms with van der Waals surface area (Å²) < 4.78 is 4.77. The second kappa shape index (κ2) is 5.11. The van der Waals surface area contributed by atoms with Gasteiger partial charge in [0, 0.05) is 19.7 Å². The molecule has 86 valence electrons. The summed E-state index contributed by atoms with van der Waals surface area (Å²) in [6.07, 6.45) is 1.07. The van der Waals surface area contributed by atoms with E-state index in [9.17, 15) is 9.59 Å². The third-order valence-corrected chi connectivity index (χ3v) is 2.81. The number of carbonyl (C=O) groups excluding carboxylic acids is 1. The first-order valence-electron chi connectivity index (χ1n) is 5.07. The van der Waals surface area contributed by atoms with Gasteiger partial charge in [-0.1, -0.05) is 0 Å². The molecule has 0 aliphatic carbocycles. The third-order valence-electron chi connectivity index (χ3n) is 2.81. The number of rotatable bonds is 3. The highest BCUT2D eigenvalue weighted by molar-refractivity contribution is 5.78. The van der Waals surface area contributed by atoms with Gasteiger partial charge in [0.15, 0.2) is 0 Å². The number of aliphatic carboxylic acids is 1. The number of amides is 1. The third kappa shape index (κ3) is 2.92. The van der Waals surface area contributed by atoms with E-state index in [1.165, 1.54) is 7.11 Å². The second-order valence-electron chi connectivity index (χ2n) is 3.93. The normalized spacial score (nSPS) is 26.4. The molecule has 1 heterocycles. The SMILES string of the molecule is COCC(=O)N1CCC(C(=O)O)CC1C. The van der Waals surface area contributed by atoms with Gasteiger partial charge in [0.05, 0.1) is 5.92 Å². The highest BCUT2D eigenvalue weighted by atomic mass is 16.5. The Morgan fingerprint density at radius 1 is 1.53 bits per heavy atom. The molecule has 2 unspecified atom stereocenters. The van der Waals surface area contributed by atoms with Crippen molar-refractivity contribution in [2.24, 2.45) is 5.92 Å². The maximum absolute atomic E-state index is 11.5. The molecule has 0 aromatic carbocycles. The Morgan fingerprint density at radius 2 is 2.20 bits per heavy atom. The summed E-state index contributed by atoms with van der Waals surface area (Å²) in [7, 11) is 1.48. The number of ether oxygens (including phenoxy) is 1. The molecule has 15 heavy (non-hydrogen) atoms. The Morgan fingerprint density at radius 3 is 2.67 bits per heavy atom.